The number of aromatic nitrogens is 3. The highest BCUT2D eigenvalue weighted by Crippen LogP contribution is 2.24. The molecule has 0 fully saturated rings. The molecule has 0 spiro atoms. The van der Waals surface area contributed by atoms with E-state index in [0.717, 1.165) is 22.7 Å². The fraction of sp³-hybridized carbons (Fsp3) is 0.318. The fourth-order valence-electron chi connectivity index (χ4n) is 2.89. The molecule has 0 radical (unpaired) electrons. The summed E-state index contributed by atoms with van der Waals surface area (Å²) in [7, 11) is 0. The van der Waals surface area contributed by atoms with Crippen molar-refractivity contribution in [1.29, 1.82) is 0 Å². The Hall–Kier alpha value is -2.51. The van der Waals surface area contributed by atoms with Crippen LogP contribution in [-0.4, -0.2) is 26.4 Å². The lowest BCUT2D eigenvalue weighted by Crippen LogP contribution is -2.15. The van der Waals surface area contributed by atoms with Crippen LogP contribution in [0.4, 0.5) is 5.69 Å². The van der Waals surface area contributed by atoms with E-state index >= 15 is 0 Å². The van der Waals surface area contributed by atoms with Crippen LogP contribution in [0, 0.1) is 13.8 Å². The minimum Gasteiger partial charge on any atom is -0.485 e. The molecule has 0 bridgehead atoms. The Bertz CT molecular complexity index is 1020. The first-order chi connectivity index (χ1) is 14.3. The number of halogens is 1. The number of hydrogen-bond acceptors (Lipinski definition) is 5. The first-order valence-electron chi connectivity index (χ1n) is 9.65. The van der Waals surface area contributed by atoms with Gasteiger partial charge in [0.2, 0.25) is 5.91 Å². The number of rotatable bonds is 8. The molecule has 0 atom stereocenters. The molecule has 3 aromatic rings. The number of hydrogen-bond donors (Lipinski definition) is 1. The molecule has 0 saturated heterocycles. The number of carbonyl (C=O) groups excluding carboxylic acids is 1. The summed E-state index contributed by atoms with van der Waals surface area (Å²) in [5.41, 5.74) is 2.92. The second kappa shape index (κ2) is 10.00. The maximum Gasteiger partial charge on any atom is 0.234 e. The van der Waals surface area contributed by atoms with Crippen molar-refractivity contribution in [3.8, 4) is 5.75 Å². The predicted molar refractivity (Wildman–Crippen MR) is 121 cm³/mol. The molecular weight excluding hydrogens is 420 g/mol. The zero-order chi connectivity index (χ0) is 21.7. The molecule has 1 N–H and O–H groups in total. The van der Waals surface area contributed by atoms with Crippen LogP contribution in [0.1, 0.15) is 36.8 Å². The Morgan fingerprint density at radius 2 is 1.90 bits per heavy atom. The summed E-state index contributed by atoms with van der Waals surface area (Å²) in [4.78, 5) is 12.3. The quantitative estimate of drug-likeness (QED) is 0.468. The van der Waals surface area contributed by atoms with Crippen molar-refractivity contribution in [2.45, 2.75) is 45.5 Å². The molecule has 3 rings (SSSR count). The largest absolute Gasteiger partial charge is 0.485 e. The molecule has 0 aliphatic carbocycles. The molecule has 1 amide bonds. The molecule has 1 heterocycles. The average molecular weight is 445 g/mol. The van der Waals surface area contributed by atoms with Crippen molar-refractivity contribution in [1.82, 2.24) is 14.8 Å². The van der Waals surface area contributed by atoms with E-state index in [4.69, 9.17) is 16.3 Å². The van der Waals surface area contributed by atoms with Gasteiger partial charge in [0, 0.05) is 16.8 Å². The van der Waals surface area contributed by atoms with Gasteiger partial charge >= 0.3 is 0 Å². The number of nitrogens with zero attached hydrogens (tertiary/aromatic N) is 3. The smallest absolute Gasteiger partial charge is 0.234 e. The zero-order valence-electron chi connectivity index (χ0n) is 17.5. The number of nitrogens with one attached hydrogen (secondary N) is 1. The number of anilines is 1. The molecule has 0 aliphatic rings. The third-order valence-electron chi connectivity index (χ3n) is 4.41. The number of amides is 1. The molecule has 158 valence electrons. The van der Waals surface area contributed by atoms with Crippen LogP contribution < -0.4 is 10.1 Å². The van der Waals surface area contributed by atoms with E-state index in [1.807, 2.05) is 30.5 Å². The number of ether oxygens (including phenoxy) is 1. The fourth-order valence-corrected chi connectivity index (χ4v) is 3.90. The maximum absolute atomic E-state index is 12.3. The van der Waals surface area contributed by atoms with Gasteiger partial charge in [-0.05, 0) is 69.2 Å². The van der Waals surface area contributed by atoms with Gasteiger partial charge in [-0.25, -0.2) is 0 Å². The number of aryl methyl sites for hydroxylation is 2. The second-order valence-electron chi connectivity index (χ2n) is 7.26. The van der Waals surface area contributed by atoms with Crippen LogP contribution in [-0.2, 0) is 11.4 Å². The van der Waals surface area contributed by atoms with Crippen LogP contribution >= 0.6 is 23.4 Å². The average Bonchev–Trinajstić information content (AvgIpc) is 3.12. The highest BCUT2D eigenvalue weighted by molar-refractivity contribution is 7.99. The van der Waals surface area contributed by atoms with E-state index in [1.165, 1.54) is 11.8 Å². The summed E-state index contributed by atoms with van der Waals surface area (Å²) >= 11 is 7.22. The van der Waals surface area contributed by atoms with Crippen molar-refractivity contribution in [3.05, 3.63) is 64.4 Å². The third kappa shape index (κ3) is 5.77. The summed E-state index contributed by atoms with van der Waals surface area (Å²) in [5, 5.41) is 12.7. The van der Waals surface area contributed by atoms with E-state index in [9.17, 15) is 4.79 Å². The SMILES string of the molecule is Cc1ccc(C)c(OCc2nnc(SCC(=O)Nc3ccc(Cl)cc3)n2C(C)C)c1. The van der Waals surface area contributed by atoms with Crippen LogP contribution in [0.25, 0.3) is 0 Å². The number of thioether (sulfide) groups is 1. The van der Waals surface area contributed by atoms with Gasteiger partial charge in [-0.15, -0.1) is 10.2 Å². The molecule has 2 aromatic carbocycles. The normalized spacial score (nSPS) is 11.0. The lowest BCUT2D eigenvalue weighted by molar-refractivity contribution is -0.113. The lowest BCUT2D eigenvalue weighted by Gasteiger charge is -2.15. The van der Waals surface area contributed by atoms with Gasteiger partial charge < -0.3 is 14.6 Å². The van der Waals surface area contributed by atoms with Crippen LogP contribution in [0.3, 0.4) is 0 Å². The van der Waals surface area contributed by atoms with E-state index in [1.54, 1.807) is 24.3 Å². The number of benzene rings is 2. The molecule has 6 nitrogen and oxygen atoms in total. The van der Waals surface area contributed by atoms with Gasteiger partial charge in [0.05, 0.1) is 5.75 Å². The van der Waals surface area contributed by atoms with Crippen molar-refractivity contribution >= 4 is 35.0 Å². The van der Waals surface area contributed by atoms with Gasteiger partial charge in [0.15, 0.2) is 11.0 Å². The van der Waals surface area contributed by atoms with Crippen molar-refractivity contribution in [3.63, 3.8) is 0 Å². The van der Waals surface area contributed by atoms with E-state index < -0.39 is 0 Å². The van der Waals surface area contributed by atoms with E-state index in [2.05, 4.69) is 35.4 Å². The Kier molecular flexibility index (Phi) is 7.39. The summed E-state index contributed by atoms with van der Waals surface area (Å²) in [5.74, 6) is 1.68. The van der Waals surface area contributed by atoms with Crippen LogP contribution in [0.15, 0.2) is 47.6 Å². The Morgan fingerprint density at radius 1 is 1.17 bits per heavy atom. The summed E-state index contributed by atoms with van der Waals surface area (Å²) in [6.07, 6.45) is 0. The summed E-state index contributed by atoms with van der Waals surface area (Å²) < 4.78 is 8.00. The molecule has 0 saturated carbocycles. The molecule has 0 aliphatic heterocycles. The maximum atomic E-state index is 12.3. The first kappa shape index (κ1) is 22.2. The zero-order valence-corrected chi connectivity index (χ0v) is 19.0. The second-order valence-corrected chi connectivity index (χ2v) is 8.64. The van der Waals surface area contributed by atoms with Crippen LogP contribution in [0.5, 0.6) is 5.75 Å². The minimum absolute atomic E-state index is 0.117. The molecule has 8 heteroatoms. The number of carbonyl (C=O) groups is 1. The van der Waals surface area contributed by atoms with Gasteiger partial charge in [-0.2, -0.15) is 0 Å². The highest BCUT2D eigenvalue weighted by Gasteiger charge is 2.17. The highest BCUT2D eigenvalue weighted by atomic mass is 35.5. The standard InChI is InChI=1S/C22H25ClN4O2S/c1-14(2)27-20(12-29-19-11-15(3)5-6-16(19)4)25-26-22(27)30-13-21(28)24-18-9-7-17(23)8-10-18/h5-11,14H,12-13H2,1-4H3,(H,24,28). The van der Waals surface area contributed by atoms with Gasteiger partial charge in [0.25, 0.3) is 0 Å². The topological polar surface area (TPSA) is 69.0 Å². The molecule has 30 heavy (non-hydrogen) atoms. The minimum atomic E-state index is -0.117. The first-order valence-corrected chi connectivity index (χ1v) is 11.0. The molecular formula is C22H25ClN4O2S. The third-order valence-corrected chi connectivity index (χ3v) is 5.61. The Morgan fingerprint density at radius 3 is 2.60 bits per heavy atom. The van der Waals surface area contributed by atoms with E-state index in [-0.39, 0.29) is 17.7 Å². The molecule has 1 aromatic heterocycles. The summed E-state index contributed by atoms with van der Waals surface area (Å²) in [6.45, 7) is 8.48. The predicted octanol–water partition coefficient (Wildman–Crippen LogP) is 5.44. The Balaban J connectivity index is 1.64. The van der Waals surface area contributed by atoms with E-state index in [0.29, 0.717) is 22.5 Å². The van der Waals surface area contributed by atoms with Gasteiger partial charge in [0.1, 0.15) is 12.4 Å². The lowest BCUT2D eigenvalue weighted by atomic mass is 10.1. The van der Waals surface area contributed by atoms with Crippen molar-refractivity contribution in [2.75, 3.05) is 11.1 Å². The summed E-state index contributed by atoms with van der Waals surface area (Å²) in [6, 6.07) is 13.3. The van der Waals surface area contributed by atoms with Crippen LogP contribution in [0.2, 0.25) is 5.02 Å². The molecule has 0 unspecified atom stereocenters. The van der Waals surface area contributed by atoms with Gasteiger partial charge in [-0.1, -0.05) is 35.5 Å². The Labute approximate surface area is 186 Å². The van der Waals surface area contributed by atoms with Crippen molar-refractivity contribution in [2.24, 2.45) is 0 Å². The van der Waals surface area contributed by atoms with Crippen molar-refractivity contribution < 1.29 is 9.53 Å². The van der Waals surface area contributed by atoms with Gasteiger partial charge in [-0.3, -0.25) is 4.79 Å². The monoisotopic (exact) mass is 444 g/mol.